The lowest BCUT2D eigenvalue weighted by Crippen LogP contribution is -2.40. The van der Waals surface area contributed by atoms with Gasteiger partial charge in [-0.2, -0.15) is 0 Å². The standard InChI is InChI=1S/C14H17N5O3S/c1-9-8-23-13(15-9)11-4-2-3-5-19(11)12(20)7-18-6-10(14(21)22)16-17-18/h6,8,11H,2-5,7H2,1H3,(H,21,22). The minimum atomic E-state index is -1.15. The van der Waals surface area contributed by atoms with Gasteiger partial charge in [0.15, 0.2) is 5.69 Å². The minimum absolute atomic E-state index is 0.00239. The normalized spacial score (nSPS) is 18.1. The number of carboxylic acid groups (broad SMARTS) is 1. The molecule has 0 aromatic carbocycles. The summed E-state index contributed by atoms with van der Waals surface area (Å²) in [5.41, 5.74) is 0.800. The molecule has 0 radical (unpaired) electrons. The molecule has 0 bridgehead atoms. The van der Waals surface area contributed by atoms with E-state index in [0.29, 0.717) is 6.54 Å². The molecule has 0 spiro atoms. The largest absolute Gasteiger partial charge is 0.476 e. The fourth-order valence-electron chi connectivity index (χ4n) is 2.72. The second-order valence-corrected chi connectivity index (χ2v) is 6.42. The molecule has 1 N–H and O–H groups in total. The average Bonchev–Trinajstić information content (AvgIpc) is 3.16. The van der Waals surface area contributed by atoms with E-state index in [1.165, 1.54) is 10.9 Å². The van der Waals surface area contributed by atoms with Crippen LogP contribution >= 0.6 is 11.3 Å². The molecule has 1 amide bonds. The maximum atomic E-state index is 12.6. The highest BCUT2D eigenvalue weighted by molar-refractivity contribution is 7.09. The Labute approximate surface area is 136 Å². The SMILES string of the molecule is Cc1csc(C2CCCCN2C(=O)Cn2cc(C(=O)O)nn2)n1. The maximum Gasteiger partial charge on any atom is 0.358 e. The summed E-state index contributed by atoms with van der Waals surface area (Å²) in [6, 6.07) is -0.00239. The molecule has 3 rings (SSSR count). The Bertz CT molecular complexity index is 726. The van der Waals surface area contributed by atoms with Crippen molar-refractivity contribution in [2.45, 2.75) is 38.8 Å². The van der Waals surface area contributed by atoms with Gasteiger partial charge in [-0.1, -0.05) is 5.21 Å². The van der Waals surface area contributed by atoms with Gasteiger partial charge in [-0.05, 0) is 26.2 Å². The predicted octanol–water partition coefficient (Wildman–Crippen LogP) is 1.50. The van der Waals surface area contributed by atoms with Gasteiger partial charge in [-0.25, -0.2) is 14.5 Å². The summed E-state index contributed by atoms with van der Waals surface area (Å²) < 4.78 is 1.27. The van der Waals surface area contributed by atoms with Gasteiger partial charge >= 0.3 is 5.97 Å². The highest BCUT2D eigenvalue weighted by Crippen LogP contribution is 2.32. The number of amides is 1. The molecule has 1 unspecified atom stereocenters. The van der Waals surface area contributed by atoms with E-state index >= 15 is 0 Å². The Morgan fingerprint density at radius 2 is 2.26 bits per heavy atom. The Balaban J connectivity index is 1.74. The number of aryl methyl sites for hydroxylation is 1. The van der Waals surface area contributed by atoms with Gasteiger partial charge in [0.05, 0.1) is 12.2 Å². The van der Waals surface area contributed by atoms with Gasteiger partial charge in [0.1, 0.15) is 11.6 Å². The number of aromatic carboxylic acids is 1. The van der Waals surface area contributed by atoms with Crippen molar-refractivity contribution in [3.63, 3.8) is 0 Å². The molecule has 1 atom stereocenters. The summed E-state index contributed by atoms with van der Waals surface area (Å²) in [6.07, 6.45) is 4.20. The minimum Gasteiger partial charge on any atom is -0.476 e. The van der Waals surface area contributed by atoms with Gasteiger partial charge < -0.3 is 10.0 Å². The molecular formula is C14H17N5O3S. The summed E-state index contributed by atoms with van der Waals surface area (Å²) in [5.74, 6) is -1.25. The van der Waals surface area contributed by atoms with Crippen molar-refractivity contribution < 1.29 is 14.7 Å². The number of aromatic nitrogens is 4. The summed E-state index contributed by atoms with van der Waals surface area (Å²) >= 11 is 1.57. The van der Waals surface area contributed by atoms with Gasteiger partial charge in [0.25, 0.3) is 0 Å². The predicted molar refractivity (Wildman–Crippen MR) is 82.1 cm³/mol. The third-order valence-corrected chi connectivity index (χ3v) is 4.86. The molecule has 3 heterocycles. The molecule has 122 valence electrons. The van der Waals surface area contributed by atoms with E-state index in [1.807, 2.05) is 17.2 Å². The number of rotatable bonds is 4. The number of nitrogens with zero attached hydrogens (tertiary/aromatic N) is 5. The number of piperidine rings is 1. The van der Waals surface area contributed by atoms with Gasteiger partial charge in [-0.15, -0.1) is 16.4 Å². The highest BCUT2D eigenvalue weighted by atomic mass is 32.1. The summed E-state index contributed by atoms with van der Waals surface area (Å²) in [4.78, 5) is 29.8. The summed E-state index contributed by atoms with van der Waals surface area (Å²) in [5, 5.41) is 19.0. The Morgan fingerprint density at radius 1 is 1.43 bits per heavy atom. The van der Waals surface area contributed by atoms with E-state index in [2.05, 4.69) is 15.3 Å². The van der Waals surface area contributed by atoms with Crippen LogP contribution in [0.5, 0.6) is 0 Å². The second-order valence-electron chi connectivity index (χ2n) is 5.53. The van der Waals surface area contributed by atoms with E-state index in [1.54, 1.807) is 11.3 Å². The van der Waals surface area contributed by atoms with Crippen LogP contribution in [0.1, 0.15) is 46.5 Å². The number of thiazole rings is 1. The van der Waals surface area contributed by atoms with E-state index in [9.17, 15) is 9.59 Å². The van der Waals surface area contributed by atoms with Crippen LogP contribution < -0.4 is 0 Å². The number of carbonyl (C=O) groups is 2. The summed E-state index contributed by atoms with van der Waals surface area (Å²) in [7, 11) is 0. The van der Waals surface area contributed by atoms with E-state index in [-0.39, 0.29) is 24.2 Å². The van der Waals surface area contributed by atoms with Crippen molar-refractivity contribution >= 4 is 23.2 Å². The van der Waals surface area contributed by atoms with E-state index in [0.717, 1.165) is 30.0 Å². The quantitative estimate of drug-likeness (QED) is 0.908. The van der Waals surface area contributed by atoms with Crippen LogP contribution in [0.25, 0.3) is 0 Å². The summed E-state index contributed by atoms with van der Waals surface area (Å²) in [6.45, 7) is 2.61. The fraction of sp³-hybridized carbons (Fsp3) is 0.500. The number of hydrogen-bond acceptors (Lipinski definition) is 6. The fourth-order valence-corrected chi connectivity index (χ4v) is 3.66. The number of carbonyl (C=O) groups excluding carboxylic acids is 1. The molecule has 1 saturated heterocycles. The van der Waals surface area contributed by atoms with E-state index < -0.39 is 5.97 Å². The van der Waals surface area contributed by atoms with Crippen LogP contribution in [0.2, 0.25) is 0 Å². The first-order chi connectivity index (χ1) is 11.0. The zero-order valence-electron chi connectivity index (χ0n) is 12.7. The molecule has 9 heteroatoms. The monoisotopic (exact) mass is 335 g/mol. The molecule has 1 aliphatic heterocycles. The Hall–Kier alpha value is -2.29. The van der Waals surface area contributed by atoms with Crippen LogP contribution in [0.4, 0.5) is 0 Å². The number of carboxylic acids is 1. The molecule has 23 heavy (non-hydrogen) atoms. The molecule has 0 aliphatic carbocycles. The van der Waals surface area contributed by atoms with Crippen molar-refractivity contribution in [3.8, 4) is 0 Å². The molecule has 1 fully saturated rings. The topological polar surface area (TPSA) is 101 Å². The molecule has 8 nitrogen and oxygen atoms in total. The smallest absolute Gasteiger partial charge is 0.358 e. The molecule has 0 saturated carbocycles. The van der Waals surface area contributed by atoms with Crippen molar-refractivity contribution in [3.05, 3.63) is 28.0 Å². The van der Waals surface area contributed by atoms with Gasteiger partial charge in [0.2, 0.25) is 5.91 Å². The van der Waals surface area contributed by atoms with Crippen LogP contribution in [0.15, 0.2) is 11.6 Å². The zero-order valence-corrected chi connectivity index (χ0v) is 13.5. The highest BCUT2D eigenvalue weighted by Gasteiger charge is 2.30. The first kappa shape index (κ1) is 15.6. The van der Waals surface area contributed by atoms with Crippen molar-refractivity contribution in [1.82, 2.24) is 24.9 Å². The third-order valence-electron chi connectivity index (χ3n) is 3.80. The molecule has 2 aromatic rings. The maximum absolute atomic E-state index is 12.6. The Morgan fingerprint density at radius 3 is 2.91 bits per heavy atom. The molecule has 2 aromatic heterocycles. The van der Waals surface area contributed by atoms with Crippen LogP contribution in [-0.2, 0) is 11.3 Å². The van der Waals surface area contributed by atoms with Gasteiger partial charge in [0, 0.05) is 17.6 Å². The third kappa shape index (κ3) is 3.39. The van der Waals surface area contributed by atoms with Crippen molar-refractivity contribution in [2.75, 3.05) is 6.54 Å². The zero-order chi connectivity index (χ0) is 16.4. The van der Waals surface area contributed by atoms with Crippen LogP contribution in [0, 0.1) is 6.92 Å². The van der Waals surface area contributed by atoms with Gasteiger partial charge in [-0.3, -0.25) is 4.79 Å². The lowest BCUT2D eigenvalue weighted by atomic mass is 10.0. The number of hydrogen-bond donors (Lipinski definition) is 1. The van der Waals surface area contributed by atoms with E-state index in [4.69, 9.17) is 5.11 Å². The van der Waals surface area contributed by atoms with Crippen LogP contribution in [0.3, 0.4) is 0 Å². The lowest BCUT2D eigenvalue weighted by Gasteiger charge is -2.34. The van der Waals surface area contributed by atoms with Crippen LogP contribution in [-0.4, -0.2) is 48.4 Å². The van der Waals surface area contributed by atoms with Crippen molar-refractivity contribution in [1.29, 1.82) is 0 Å². The average molecular weight is 335 g/mol. The molecular weight excluding hydrogens is 318 g/mol. The number of likely N-dealkylation sites (tertiary alicyclic amines) is 1. The van der Waals surface area contributed by atoms with Crippen molar-refractivity contribution in [2.24, 2.45) is 0 Å². The Kier molecular flexibility index (Phi) is 4.37. The second kappa shape index (κ2) is 6.45. The first-order valence-corrected chi connectivity index (χ1v) is 8.27. The lowest BCUT2D eigenvalue weighted by molar-refractivity contribution is -0.136. The first-order valence-electron chi connectivity index (χ1n) is 7.39. The molecule has 1 aliphatic rings.